The average molecular weight is 245 g/mol. The van der Waals surface area contributed by atoms with E-state index in [-0.39, 0.29) is 4.90 Å². The lowest BCUT2D eigenvalue weighted by Gasteiger charge is -2.08. The van der Waals surface area contributed by atoms with E-state index in [9.17, 15) is 8.42 Å². The van der Waals surface area contributed by atoms with Crippen LogP contribution in [0.3, 0.4) is 0 Å². The minimum atomic E-state index is -3.24. The molecule has 0 unspecified atom stereocenters. The Labute approximate surface area is 95.5 Å². The Balaban J connectivity index is 3.54. The van der Waals surface area contributed by atoms with Gasteiger partial charge in [0.25, 0.3) is 0 Å². The Morgan fingerprint density at radius 1 is 1.40 bits per heavy atom. The van der Waals surface area contributed by atoms with Crippen molar-refractivity contribution >= 4 is 27.0 Å². The van der Waals surface area contributed by atoms with E-state index in [0.29, 0.717) is 10.6 Å². The first kappa shape index (κ1) is 12.3. The van der Waals surface area contributed by atoms with E-state index < -0.39 is 9.84 Å². The van der Waals surface area contributed by atoms with Crippen LogP contribution in [-0.4, -0.2) is 14.7 Å². The van der Waals surface area contributed by atoms with Crippen LogP contribution >= 0.6 is 11.6 Å². The van der Waals surface area contributed by atoms with Crippen LogP contribution in [0.4, 0.5) is 0 Å². The van der Waals surface area contributed by atoms with Crippen molar-refractivity contribution in [2.75, 3.05) is 6.26 Å². The van der Waals surface area contributed by atoms with E-state index in [2.05, 4.69) is 0 Å². The fourth-order valence-corrected chi connectivity index (χ4v) is 2.49. The van der Waals surface area contributed by atoms with Gasteiger partial charge < -0.3 is 0 Å². The predicted octanol–water partition coefficient (Wildman–Crippen LogP) is 3.17. The highest BCUT2D eigenvalue weighted by atomic mass is 35.5. The van der Waals surface area contributed by atoms with Crippen molar-refractivity contribution in [3.8, 4) is 0 Å². The number of allylic oxidation sites excluding steroid dienone is 2. The van der Waals surface area contributed by atoms with Gasteiger partial charge in [-0.2, -0.15) is 0 Å². The van der Waals surface area contributed by atoms with E-state index >= 15 is 0 Å². The first-order chi connectivity index (χ1) is 6.86. The van der Waals surface area contributed by atoms with Gasteiger partial charge in [0.15, 0.2) is 9.84 Å². The molecule has 0 bridgehead atoms. The Morgan fingerprint density at radius 2 is 2.00 bits per heavy atom. The van der Waals surface area contributed by atoms with Crippen molar-refractivity contribution < 1.29 is 8.42 Å². The maximum absolute atomic E-state index is 11.5. The van der Waals surface area contributed by atoms with E-state index in [1.807, 2.05) is 19.9 Å². The molecule has 0 N–H and O–H groups in total. The molecule has 15 heavy (non-hydrogen) atoms. The van der Waals surface area contributed by atoms with Gasteiger partial charge in [-0.1, -0.05) is 23.7 Å². The van der Waals surface area contributed by atoms with Gasteiger partial charge in [0.2, 0.25) is 0 Å². The van der Waals surface area contributed by atoms with E-state index in [1.54, 1.807) is 12.1 Å². The summed E-state index contributed by atoms with van der Waals surface area (Å²) in [6, 6.07) is 4.91. The van der Waals surface area contributed by atoms with E-state index in [0.717, 1.165) is 5.57 Å². The minimum absolute atomic E-state index is 0.283. The van der Waals surface area contributed by atoms with Gasteiger partial charge in [-0.15, -0.1) is 0 Å². The number of hydrogen-bond donors (Lipinski definition) is 0. The van der Waals surface area contributed by atoms with Crippen LogP contribution in [0.2, 0.25) is 5.02 Å². The van der Waals surface area contributed by atoms with Crippen LogP contribution in [0.25, 0.3) is 5.57 Å². The second kappa shape index (κ2) is 4.37. The normalized spacial score (nSPS) is 12.9. The van der Waals surface area contributed by atoms with Gasteiger partial charge >= 0.3 is 0 Å². The summed E-state index contributed by atoms with van der Waals surface area (Å²) in [4.78, 5) is 0.283. The lowest BCUT2D eigenvalue weighted by molar-refractivity contribution is 0.601. The van der Waals surface area contributed by atoms with Crippen LogP contribution < -0.4 is 0 Å². The van der Waals surface area contributed by atoms with Crippen molar-refractivity contribution in [3.63, 3.8) is 0 Å². The fraction of sp³-hybridized carbons (Fsp3) is 0.273. The highest BCUT2D eigenvalue weighted by Gasteiger charge is 2.14. The molecular weight excluding hydrogens is 232 g/mol. The summed E-state index contributed by atoms with van der Waals surface area (Å²) in [5.74, 6) is 0. The molecule has 0 radical (unpaired) electrons. The topological polar surface area (TPSA) is 34.1 Å². The molecule has 0 amide bonds. The Hall–Kier alpha value is -0.800. The summed E-state index contributed by atoms with van der Waals surface area (Å²) in [6.45, 7) is 3.74. The van der Waals surface area contributed by atoms with Crippen molar-refractivity contribution in [1.82, 2.24) is 0 Å². The molecule has 1 rings (SSSR count). The summed E-state index contributed by atoms with van der Waals surface area (Å²) in [7, 11) is -3.24. The Morgan fingerprint density at radius 3 is 2.47 bits per heavy atom. The van der Waals surface area contributed by atoms with Gasteiger partial charge in [0.1, 0.15) is 0 Å². The SMILES string of the molecule is C/C=C(\C)c1ccc(Cl)cc1S(C)(=O)=O. The number of halogens is 1. The number of rotatable bonds is 2. The van der Waals surface area contributed by atoms with Gasteiger partial charge in [0.05, 0.1) is 4.90 Å². The predicted molar refractivity (Wildman–Crippen MR) is 63.9 cm³/mol. The Kier molecular flexibility index (Phi) is 3.58. The van der Waals surface area contributed by atoms with Crippen LogP contribution in [0.1, 0.15) is 19.4 Å². The fourth-order valence-electron chi connectivity index (χ4n) is 1.28. The maximum Gasteiger partial charge on any atom is 0.176 e. The zero-order chi connectivity index (χ0) is 11.6. The second-order valence-electron chi connectivity index (χ2n) is 3.38. The summed E-state index contributed by atoms with van der Waals surface area (Å²) >= 11 is 5.79. The minimum Gasteiger partial charge on any atom is -0.224 e. The second-order valence-corrected chi connectivity index (χ2v) is 5.80. The highest BCUT2D eigenvalue weighted by molar-refractivity contribution is 7.90. The highest BCUT2D eigenvalue weighted by Crippen LogP contribution is 2.26. The van der Waals surface area contributed by atoms with Crippen molar-refractivity contribution in [1.29, 1.82) is 0 Å². The molecule has 0 heterocycles. The molecule has 0 saturated heterocycles. The lowest BCUT2D eigenvalue weighted by atomic mass is 10.1. The van der Waals surface area contributed by atoms with Crippen molar-refractivity contribution in [2.24, 2.45) is 0 Å². The molecule has 0 spiro atoms. The first-order valence-corrected chi connectivity index (χ1v) is 6.76. The standard InChI is InChI=1S/C11H13ClO2S/c1-4-8(2)10-6-5-9(12)7-11(10)15(3,13)14/h4-7H,1-3H3/b8-4+. The summed E-state index contributed by atoms with van der Waals surface area (Å²) in [5, 5.41) is 0.433. The molecule has 0 fully saturated rings. The third-order valence-electron chi connectivity index (χ3n) is 2.20. The number of sulfone groups is 1. The van der Waals surface area contributed by atoms with Gasteiger partial charge in [-0.05, 0) is 37.1 Å². The molecule has 0 aliphatic carbocycles. The zero-order valence-electron chi connectivity index (χ0n) is 8.91. The molecule has 1 aromatic rings. The largest absolute Gasteiger partial charge is 0.224 e. The molecule has 0 aliphatic heterocycles. The van der Waals surface area contributed by atoms with Crippen molar-refractivity contribution in [3.05, 3.63) is 34.9 Å². The van der Waals surface area contributed by atoms with Gasteiger partial charge in [-0.25, -0.2) is 8.42 Å². The molecule has 0 saturated carbocycles. The summed E-state index contributed by atoms with van der Waals surface area (Å²) in [6.07, 6.45) is 3.06. The van der Waals surface area contributed by atoms with E-state index in [4.69, 9.17) is 11.6 Å². The molecule has 1 aromatic carbocycles. The van der Waals surface area contributed by atoms with Crippen LogP contribution in [0.5, 0.6) is 0 Å². The van der Waals surface area contributed by atoms with Crippen molar-refractivity contribution in [2.45, 2.75) is 18.7 Å². The zero-order valence-corrected chi connectivity index (χ0v) is 10.5. The smallest absolute Gasteiger partial charge is 0.176 e. The summed E-state index contributed by atoms with van der Waals surface area (Å²) in [5.41, 5.74) is 1.64. The molecule has 0 aromatic heterocycles. The Bertz CT molecular complexity index is 501. The maximum atomic E-state index is 11.5. The van der Waals surface area contributed by atoms with Gasteiger partial charge in [-0.3, -0.25) is 0 Å². The van der Waals surface area contributed by atoms with Gasteiger partial charge in [0, 0.05) is 11.3 Å². The third-order valence-corrected chi connectivity index (χ3v) is 3.57. The number of hydrogen-bond acceptors (Lipinski definition) is 2. The first-order valence-electron chi connectivity index (χ1n) is 4.49. The number of benzene rings is 1. The van der Waals surface area contributed by atoms with Crippen LogP contribution in [0.15, 0.2) is 29.2 Å². The molecule has 0 atom stereocenters. The molecular formula is C11H13ClO2S. The summed E-state index contributed by atoms with van der Waals surface area (Å²) < 4.78 is 23.1. The average Bonchev–Trinajstić information content (AvgIpc) is 2.15. The quantitative estimate of drug-likeness (QED) is 0.801. The van der Waals surface area contributed by atoms with Crippen LogP contribution in [-0.2, 0) is 9.84 Å². The molecule has 82 valence electrons. The van der Waals surface area contributed by atoms with E-state index in [1.165, 1.54) is 12.3 Å². The monoisotopic (exact) mass is 244 g/mol. The third kappa shape index (κ3) is 2.83. The lowest BCUT2D eigenvalue weighted by Crippen LogP contribution is -2.01. The molecule has 4 heteroatoms. The molecule has 2 nitrogen and oxygen atoms in total. The molecule has 0 aliphatic rings. The van der Waals surface area contributed by atoms with Crippen LogP contribution in [0, 0.1) is 0 Å².